The van der Waals surface area contributed by atoms with E-state index in [1.807, 2.05) is 0 Å². The van der Waals surface area contributed by atoms with E-state index in [1.54, 1.807) is 22.8 Å². The molecule has 0 saturated heterocycles. The number of hydrogen-bond donors (Lipinski definition) is 2. The van der Waals surface area contributed by atoms with Gasteiger partial charge in [-0.15, -0.1) is 12.4 Å². The number of benzene rings is 1. The van der Waals surface area contributed by atoms with Gasteiger partial charge in [-0.05, 0) is 43.4 Å². The fourth-order valence-electron chi connectivity index (χ4n) is 3.05. The number of nitrogens with two attached hydrogens (primary N) is 2. The third-order valence-corrected chi connectivity index (χ3v) is 4.69. The minimum atomic E-state index is -0.530. The van der Waals surface area contributed by atoms with Crippen molar-refractivity contribution in [3.8, 4) is 5.75 Å². The molecule has 0 unspecified atom stereocenters. The Kier molecular flexibility index (Phi) is 6.67. The number of amides is 1. The molecule has 0 radical (unpaired) electrons. The van der Waals surface area contributed by atoms with E-state index in [2.05, 4.69) is 6.92 Å². The summed E-state index contributed by atoms with van der Waals surface area (Å²) in [4.78, 5) is 24.5. The molecule has 2 aromatic rings. The molecule has 1 saturated carbocycles. The summed E-state index contributed by atoms with van der Waals surface area (Å²) < 4.78 is 7.78. The van der Waals surface area contributed by atoms with Crippen molar-refractivity contribution in [1.29, 1.82) is 0 Å². The Morgan fingerprint density at radius 3 is 2.62 bits per heavy atom. The maximum atomic E-state index is 13.0. The lowest BCUT2D eigenvalue weighted by molar-refractivity contribution is 0.100. The number of aromatic nitrogens is 1. The van der Waals surface area contributed by atoms with Crippen molar-refractivity contribution in [3.63, 3.8) is 0 Å². The summed E-state index contributed by atoms with van der Waals surface area (Å²) >= 11 is 0. The molecule has 142 valence electrons. The quantitative estimate of drug-likeness (QED) is 0.688. The first-order chi connectivity index (χ1) is 12.1. The summed E-state index contributed by atoms with van der Waals surface area (Å²) in [7, 11) is 0. The van der Waals surface area contributed by atoms with E-state index in [9.17, 15) is 9.59 Å². The van der Waals surface area contributed by atoms with Gasteiger partial charge in [-0.25, -0.2) is 0 Å². The fraction of sp³-hybridized carbons (Fsp3) is 0.474. The maximum Gasteiger partial charge on any atom is 0.258 e. The van der Waals surface area contributed by atoms with E-state index in [0.29, 0.717) is 46.8 Å². The van der Waals surface area contributed by atoms with Gasteiger partial charge < -0.3 is 20.8 Å². The molecule has 1 aromatic carbocycles. The molecule has 1 fully saturated rings. The van der Waals surface area contributed by atoms with E-state index in [0.717, 1.165) is 25.7 Å². The molecule has 0 aliphatic heterocycles. The number of primary amides is 1. The molecule has 7 heteroatoms. The summed E-state index contributed by atoms with van der Waals surface area (Å²) in [5.41, 5.74) is 12.4. The van der Waals surface area contributed by atoms with Gasteiger partial charge in [0.25, 0.3) is 5.56 Å². The molecule has 4 N–H and O–H groups in total. The molecule has 1 heterocycles. The second kappa shape index (κ2) is 8.56. The summed E-state index contributed by atoms with van der Waals surface area (Å²) in [6.07, 6.45) is 4.19. The molecule has 0 spiro atoms. The van der Waals surface area contributed by atoms with E-state index in [-0.39, 0.29) is 24.5 Å². The zero-order valence-corrected chi connectivity index (χ0v) is 15.8. The Morgan fingerprint density at radius 2 is 2.04 bits per heavy atom. The van der Waals surface area contributed by atoms with Crippen LogP contribution in [-0.2, 0) is 13.1 Å². The Morgan fingerprint density at radius 1 is 1.31 bits per heavy atom. The summed E-state index contributed by atoms with van der Waals surface area (Å²) in [5.74, 6) is 0.612. The van der Waals surface area contributed by atoms with Gasteiger partial charge in [-0.3, -0.25) is 9.59 Å². The zero-order valence-electron chi connectivity index (χ0n) is 15.0. The molecule has 1 aliphatic rings. The third-order valence-electron chi connectivity index (χ3n) is 4.69. The minimum absolute atomic E-state index is 0. The molecule has 0 bridgehead atoms. The van der Waals surface area contributed by atoms with E-state index < -0.39 is 5.91 Å². The number of unbranched alkanes of at least 4 members (excludes halogenated alkanes) is 1. The molecule has 1 aliphatic carbocycles. The van der Waals surface area contributed by atoms with Crippen LogP contribution in [0.15, 0.2) is 23.0 Å². The number of fused-ring (bicyclic) bond motifs is 1. The number of hydrogen-bond acceptors (Lipinski definition) is 4. The van der Waals surface area contributed by atoms with E-state index in [1.165, 1.54) is 0 Å². The monoisotopic (exact) mass is 379 g/mol. The second-order valence-electron chi connectivity index (χ2n) is 6.67. The average molecular weight is 380 g/mol. The van der Waals surface area contributed by atoms with Crippen molar-refractivity contribution < 1.29 is 9.53 Å². The number of carbonyl (C=O) groups excluding carboxylic acids is 1. The second-order valence-corrected chi connectivity index (χ2v) is 6.67. The van der Waals surface area contributed by atoms with Gasteiger partial charge in [-0.2, -0.15) is 0 Å². The van der Waals surface area contributed by atoms with Crippen LogP contribution in [0.3, 0.4) is 0 Å². The highest BCUT2D eigenvalue weighted by Crippen LogP contribution is 2.34. The molecular formula is C19H26ClN3O3. The average Bonchev–Trinajstić information content (AvgIpc) is 3.42. The molecule has 1 amide bonds. The predicted octanol–water partition coefficient (Wildman–Crippen LogP) is 2.57. The summed E-state index contributed by atoms with van der Waals surface area (Å²) in [6.45, 7) is 3.51. The number of pyridine rings is 1. The first-order valence-corrected chi connectivity index (χ1v) is 8.88. The minimum Gasteiger partial charge on any atom is -0.491 e. The lowest BCUT2D eigenvalue weighted by Crippen LogP contribution is -2.27. The smallest absolute Gasteiger partial charge is 0.258 e. The highest BCUT2D eigenvalue weighted by atomic mass is 35.5. The molecule has 26 heavy (non-hydrogen) atoms. The van der Waals surface area contributed by atoms with Crippen LogP contribution in [0.4, 0.5) is 0 Å². The number of rotatable bonds is 8. The Balaban J connectivity index is 0.00000243. The standard InChI is InChI=1S/C19H25N3O3.ClH/c1-2-3-8-25-17-15-9-13(18(21)23)6-7-14(15)19(24)22(16(17)10-20)11-12-4-5-12;/h6-7,9,12H,2-5,8,10-11,20H2,1H3,(H2,21,23);1H. The van der Waals surface area contributed by atoms with Crippen LogP contribution in [0.1, 0.15) is 48.7 Å². The van der Waals surface area contributed by atoms with Gasteiger partial charge in [0, 0.05) is 24.0 Å². The van der Waals surface area contributed by atoms with Crippen LogP contribution in [-0.4, -0.2) is 17.1 Å². The molecule has 1 aromatic heterocycles. The van der Waals surface area contributed by atoms with Crippen LogP contribution < -0.4 is 21.8 Å². The van der Waals surface area contributed by atoms with Crippen LogP contribution >= 0.6 is 12.4 Å². The molecule has 3 rings (SSSR count). The SMILES string of the molecule is CCCCOc1c(CN)n(CC2CC2)c(=O)c2ccc(C(N)=O)cc12.Cl. The van der Waals surface area contributed by atoms with Gasteiger partial charge in [-0.1, -0.05) is 13.3 Å². The number of halogens is 1. The molecule has 6 nitrogen and oxygen atoms in total. The highest BCUT2D eigenvalue weighted by Gasteiger charge is 2.26. The predicted molar refractivity (Wildman–Crippen MR) is 105 cm³/mol. The number of carbonyl (C=O) groups is 1. The zero-order chi connectivity index (χ0) is 18.0. The molecule has 0 atom stereocenters. The Hall–Kier alpha value is -2.05. The van der Waals surface area contributed by atoms with E-state index >= 15 is 0 Å². The first-order valence-electron chi connectivity index (χ1n) is 8.88. The summed E-state index contributed by atoms with van der Waals surface area (Å²) in [6, 6.07) is 4.89. The molecular weight excluding hydrogens is 354 g/mol. The summed E-state index contributed by atoms with van der Waals surface area (Å²) in [5, 5.41) is 1.15. The Labute approximate surface area is 158 Å². The van der Waals surface area contributed by atoms with Gasteiger partial charge in [0.2, 0.25) is 5.91 Å². The Bertz CT molecular complexity index is 859. The van der Waals surface area contributed by atoms with Crippen LogP contribution in [0.2, 0.25) is 0 Å². The normalized spacial score (nSPS) is 13.5. The number of nitrogens with zero attached hydrogens (tertiary/aromatic N) is 1. The van der Waals surface area contributed by atoms with Crippen LogP contribution in [0, 0.1) is 5.92 Å². The number of ether oxygens (including phenoxy) is 1. The van der Waals surface area contributed by atoms with Crippen molar-refractivity contribution in [2.24, 2.45) is 17.4 Å². The third kappa shape index (κ3) is 4.02. The van der Waals surface area contributed by atoms with Gasteiger partial charge in [0.05, 0.1) is 17.7 Å². The van der Waals surface area contributed by atoms with Crippen molar-refractivity contribution in [3.05, 3.63) is 39.8 Å². The maximum absolute atomic E-state index is 13.0. The van der Waals surface area contributed by atoms with Crippen molar-refractivity contribution in [2.45, 2.75) is 45.7 Å². The fourth-order valence-corrected chi connectivity index (χ4v) is 3.05. The van der Waals surface area contributed by atoms with E-state index in [4.69, 9.17) is 16.2 Å². The van der Waals surface area contributed by atoms with Crippen LogP contribution in [0.5, 0.6) is 5.75 Å². The lowest BCUT2D eigenvalue weighted by atomic mass is 10.1. The topological polar surface area (TPSA) is 100 Å². The largest absolute Gasteiger partial charge is 0.491 e. The lowest BCUT2D eigenvalue weighted by Gasteiger charge is -2.19. The van der Waals surface area contributed by atoms with Gasteiger partial charge in [0.1, 0.15) is 5.75 Å². The van der Waals surface area contributed by atoms with Gasteiger partial charge >= 0.3 is 0 Å². The van der Waals surface area contributed by atoms with Crippen molar-refractivity contribution in [2.75, 3.05) is 6.61 Å². The van der Waals surface area contributed by atoms with Crippen molar-refractivity contribution >= 4 is 29.1 Å². The highest BCUT2D eigenvalue weighted by molar-refractivity contribution is 5.99. The van der Waals surface area contributed by atoms with Crippen molar-refractivity contribution in [1.82, 2.24) is 4.57 Å². The first kappa shape index (κ1) is 20.3. The van der Waals surface area contributed by atoms with Crippen LogP contribution in [0.25, 0.3) is 10.8 Å². The van der Waals surface area contributed by atoms with Gasteiger partial charge in [0.15, 0.2) is 0 Å².